The standard InChI is InChI=1S/C13H16N4O2/c18-13(19)9-4-5-12-15-11(16-17(12)8-9)7-10-3-1-2-6-14-10/h4-5,8,10,14H,1-3,6-7H2,(H,18,19). The summed E-state index contributed by atoms with van der Waals surface area (Å²) in [5, 5.41) is 16.8. The van der Waals surface area contributed by atoms with E-state index in [9.17, 15) is 4.79 Å². The van der Waals surface area contributed by atoms with Crippen LogP contribution in [0.5, 0.6) is 0 Å². The summed E-state index contributed by atoms with van der Waals surface area (Å²) in [4.78, 5) is 15.3. The molecule has 1 aliphatic rings. The first-order valence-corrected chi connectivity index (χ1v) is 6.54. The maximum Gasteiger partial charge on any atom is 0.337 e. The van der Waals surface area contributed by atoms with Gasteiger partial charge in [0, 0.05) is 18.7 Å². The number of fused-ring (bicyclic) bond motifs is 1. The summed E-state index contributed by atoms with van der Waals surface area (Å²) in [6.45, 7) is 1.06. The molecule has 6 nitrogen and oxygen atoms in total. The Morgan fingerprint density at radius 3 is 3.11 bits per heavy atom. The van der Waals surface area contributed by atoms with Gasteiger partial charge in [-0.15, -0.1) is 0 Å². The summed E-state index contributed by atoms with van der Waals surface area (Å²) in [7, 11) is 0. The number of carboxylic acids is 1. The van der Waals surface area contributed by atoms with Gasteiger partial charge in [-0.2, -0.15) is 5.10 Å². The first-order valence-electron chi connectivity index (χ1n) is 6.54. The Hall–Kier alpha value is -1.95. The minimum atomic E-state index is -0.951. The van der Waals surface area contributed by atoms with Crippen molar-refractivity contribution in [3.8, 4) is 0 Å². The van der Waals surface area contributed by atoms with Gasteiger partial charge in [0.05, 0.1) is 5.56 Å². The zero-order valence-corrected chi connectivity index (χ0v) is 10.5. The first kappa shape index (κ1) is 12.1. The van der Waals surface area contributed by atoms with Gasteiger partial charge in [-0.1, -0.05) is 6.42 Å². The van der Waals surface area contributed by atoms with Crippen molar-refractivity contribution in [1.29, 1.82) is 0 Å². The quantitative estimate of drug-likeness (QED) is 0.864. The highest BCUT2D eigenvalue weighted by Gasteiger charge is 2.16. The molecule has 2 N–H and O–H groups in total. The molecule has 1 aliphatic heterocycles. The number of hydrogen-bond donors (Lipinski definition) is 2. The Labute approximate surface area is 110 Å². The van der Waals surface area contributed by atoms with Crippen LogP contribution in [-0.2, 0) is 6.42 Å². The van der Waals surface area contributed by atoms with Gasteiger partial charge in [-0.05, 0) is 31.5 Å². The number of carbonyl (C=O) groups is 1. The van der Waals surface area contributed by atoms with Gasteiger partial charge in [-0.25, -0.2) is 14.3 Å². The second kappa shape index (κ2) is 4.97. The number of carboxylic acid groups (broad SMARTS) is 1. The third-order valence-electron chi connectivity index (χ3n) is 3.46. The van der Waals surface area contributed by atoms with Crippen LogP contribution in [0.25, 0.3) is 5.65 Å². The Bertz CT molecular complexity index is 602. The van der Waals surface area contributed by atoms with E-state index < -0.39 is 5.97 Å². The van der Waals surface area contributed by atoms with E-state index >= 15 is 0 Å². The van der Waals surface area contributed by atoms with Crippen molar-refractivity contribution < 1.29 is 9.90 Å². The first-order chi connectivity index (χ1) is 9.22. The number of nitrogens with zero attached hydrogens (tertiary/aromatic N) is 3. The van der Waals surface area contributed by atoms with E-state index in [1.54, 1.807) is 16.6 Å². The molecule has 0 amide bonds. The predicted molar refractivity (Wildman–Crippen MR) is 69.3 cm³/mol. The molecule has 1 unspecified atom stereocenters. The van der Waals surface area contributed by atoms with Crippen molar-refractivity contribution in [3.05, 3.63) is 29.7 Å². The fraction of sp³-hybridized carbons (Fsp3) is 0.462. The smallest absolute Gasteiger partial charge is 0.337 e. The third-order valence-corrected chi connectivity index (χ3v) is 3.46. The zero-order valence-electron chi connectivity index (χ0n) is 10.5. The average molecular weight is 260 g/mol. The normalized spacial score (nSPS) is 19.7. The minimum absolute atomic E-state index is 0.222. The van der Waals surface area contributed by atoms with Crippen molar-refractivity contribution >= 4 is 11.6 Å². The van der Waals surface area contributed by atoms with Crippen molar-refractivity contribution in [3.63, 3.8) is 0 Å². The number of hydrogen-bond acceptors (Lipinski definition) is 4. The summed E-state index contributed by atoms with van der Waals surface area (Å²) >= 11 is 0. The summed E-state index contributed by atoms with van der Waals surface area (Å²) < 4.78 is 1.54. The van der Waals surface area contributed by atoms with Gasteiger partial charge in [-0.3, -0.25) is 0 Å². The molecule has 0 radical (unpaired) electrons. The minimum Gasteiger partial charge on any atom is -0.478 e. The summed E-state index contributed by atoms with van der Waals surface area (Å²) in [6, 6.07) is 3.67. The molecule has 100 valence electrons. The largest absolute Gasteiger partial charge is 0.478 e. The van der Waals surface area contributed by atoms with Crippen molar-refractivity contribution in [2.75, 3.05) is 6.54 Å². The Balaban J connectivity index is 1.82. The van der Waals surface area contributed by atoms with E-state index in [1.165, 1.54) is 19.0 Å². The second-order valence-electron chi connectivity index (χ2n) is 4.90. The monoisotopic (exact) mass is 260 g/mol. The fourth-order valence-corrected chi connectivity index (χ4v) is 2.46. The molecule has 0 saturated carbocycles. The molecular weight excluding hydrogens is 244 g/mol. The molecule has 19 heavy (non-hydrogen) atoms. The van der Waals surface area contributed by atoms with E-state index in [-0.39, 0.29) is 5.56 Å². The lowest BCUT2D eigenvalue weighted by Gasteiger charge is -2.21. The molecule has 3 heterocycles. The van der Waals surface area contributed by atoms with E-state index in [2.05, 4.69) is 15.4 Å². The van der Waals surface area contributed by atoms with Crippen LogP contribution in [0.2, 0.25) is 0 Å². The van der Waals surface area contributed by atoms with E-state index in [4.69, 9.17) is 5.11 Å². The summed E-state index contributed by atoms with van der Waals surface area (Å²) in [6.07, 6.45) is 5.92. The van der Waals surface area contributed by atoms with Crippen LogP contribution in [0, 0.1) is 0 Å². The summed E-state index contributed by atoms with van der Waals surface area (Å²) in [5.74, 6) is -0.185. The fourth-order valence-electron chi connectivity index (χ4n) is 2.46. The molecule has 1 saturated heterocycles. The lowest BCUT2D eigenvalue weighted by molar-refractivity contribution is 0.0696. The maximum atomic E-state index is 10.9. The van der Waals surface area contributed by atoms with Crippen molar-refractivity contribution in [2.45, 2.75) is 31.7 Å². The molecule has 1 atom stereocenters. The number of aromatic nitrogens is 3. The molecular formula is C13H16N4O2. The van der Waals surface area contributed by atoms with Gasteiger partial charge in [0.2, 0.25) is 0 Å². The Kier molecular flexibility index (Phi) is 3.16. The van der Waals surface area contributed by atoms with E-state index in [0.717, 1.165) is 25.2 Å². The van der Waals surface area contributed by atoms with Gasteiger partial charge >= 0.3 is 5.97 Å². The topological polar surface area (TPSA) is 79.5 Å². The van der Waals surface area contributed by atoms with Gasteiger partial charge < -0.3 is 10.4 Å². The number of aromatic carboxylic acids is 1. The van der Waals surface area contributed by atoms with Gasteiger partial charge in [0.1, 0.15) is 0 Å². The van der Waals surface area contributed by atoms with Crippen LogP contribution in [-0.4, -0.2) is 38.3 Å². The van der Waals surface area contributed by atoms with E-state index in [1.807, 2.05) is 0 Å². The zero-order chi connectivity index (χ0) is 13.2. The van der Waals surface area contributed by atoms with Crippen LogP contribution < -0.4 is 5.32 Å². The molecule has 1 fully saturated rings. The SMILES string of the molecule is O=C(O)c1ccc2nc(CC3CCCCN3)nn2c1. The van der Waals surface area contributed by atoms with Crippen molar-refractivity contribution in [1.82, 2.24) is 19.9 Å². The molecule has 0 bridgehead atoms. The third kappa shape index (κ3) is 2.58. The maximum absolute atomic E-state index is 10.9. The van der Waals surface area contributed by atoms with Crippen LogP contribution in [0.15, 0.2) is 18.3 Å². The highest BCUT2D eigenvalue weighted by Crippen LogP contribution is 2.12. The Morgan fingerprint density at radius 1 is 1.47 bits per heavy atom. The Morgan fingerprint density at radius 2 is 2.37 bits per heavy atom. The molecule has 2 aromatic rings. The highest BCUT2D eigenvalue weighted by molar-refractivity contribution is 5.87. The summed E-state index contributed by atoms with van der Waals surface area (Å²) in [5.41, 5.74) is 0.913. The number of pyridine rings is 1. The molecule has 2 aromatic heterocycles. The van der Waals surface area contributed by atoms with Crippen LogP contribution in [0.3, 0.4) is 0 Å². The molecule has 0 spiro atoms. The average Bonchev–Trinajstić information content (AvgIpc) is 2.80. The van der Waals surface area contributed by atoms with Gasteiger partial charge in [0.15, 0.2) is 11.5 Å². The number of nitrogens with one attached hydrogen (secondary N) is 1. The molecule has 0 aliphatic carbocycles. The van der Waals surface area contributed by atoms with Gasteiger partial charge in [0.25, 0.3) is 0 Å². The lowest BCUT2D eigenvalue weighted by Crippen LogP contribution is -2.35. The van der Waals surface area contributed by atoms with E-state index in [0.29, 0.717) is 11.7 Å². The second-order valence-corrected chi connectivity index (χ2v) is 4.90. The lowest BCUT2D eigenvalue weighted by atomic mass is 10.0. The highest BCUT2D eigenvalue weighted by atomic mass is 16.4. The molecule has 0 aromatic carbocycles. The van der Waals surface area contributed by atoms with Crippen LogP contribution in [0.4, 0.5) is 0 Å². The van der Waals surface area contributed by atoms with Crippen LogP contribution in [0.1, 0.15) is 35.4 Å². The molecule has 3 rings (SSSR count). The van der Waals surface area contributed by atoms with Crippen molar-refractivity contribution in [2.24, 2.45) is 0 Å². The number of piperidine rings is 1. The van der Waals surface area contributed by atoms with Crippen LogP contribution >= 0.6 is 0 Å². The predicted octanol–water partition coefficient (Wildman–Crippen LogP) is 1.11. The number of rotatable bonds is 3. The molecule has 6 heteroatoms.